The Bertz CT molecular complexity index is 1970. The fraction of sp³-hybridized carbons (Fsp3) is 0.350. The molecular weight excluding hydrogens is 773 g/mol. The van der Waals surface area contributed by atoms with Crippen LogP contribution in [0.4, 0.5) is 0 Å². The molecule has 0 aliphatic rings. The first kappa shape index (κ1) is 46.9. The van der Waals surface area contributed by atoms with Crippen LogP contribution < -0.4 is 0 Å². The summed E-state index contributed by atoms with van der Waals surface area (Å²) in [6.45, 7) is 21.8. The van der Waals surface area contributed by atoms with Gasteiger partial charge in [0.25, 0.3) is 0 Å². The molecule has 0 bridgehead atoms. The summed E-state index contributed by atoms with van der Waals surface area (Å²) in [6, 6.07) is 15.3. The third-order valence-corrected chi connectivity index (χ3v) is 20.6. The molecule has 0 N–H and O–H groups in total. The number of rotatable bonds is 18. The van der Waals surface area contributed by atoms with Gasteiger partial charge in [0, 0.05) is 39.6 Å². The van der Waals surface area contributed by atoms with Crippen LogP contribution in [0.2, 0.25) is 26.2 Å². The van der Waals surface area contributed by atoms with Crippen LogP contribution in [0.5, 0.6) is 0 Å². The predicted molar refractivity (Wildman–Crippen MR) is 224 cm³/mol. The van der Waals surface area contributed by atoms with Gasteiger partial charge in [-0.3, -0.25) is 0 Å². The second kappa shape index (κ2) is 19.0. The Morgan fingerprint density at radius 3 is 1.16 bits per heavy atom. The van der Waals surface area contributed by atoms with Crippen molar-refractivity contribution in [2.24, 2.45) is 0 Å². The van der Waals surface area contributed by atoms with Crippen molar-refractivity contribution in [1.82, 2.24) is 9.80 Å². The minimum atomic E-state index is -4.25. The van der Waals surface area contributed by atoms with E-state index in [2.05, 4.69) is 13.2 Å². The zero-order chi connectivity index (χ0) is 42.1. The van der Waals surface area contributed by atoms with Crippen LogP contribution in [-0.2, 0) is 42.9 Å². The summed E-state index contributed by atoms with van der Waals surface area (Å²) < 4.78 is 72.9. The van der Waals surface area contributed by atoms with Crippen LogP contribution in [0.1, 0.15) is 27.7 Å². The number of hydrogen-bond donors (Lipinski definition) is 0. The van der Waals surface area contributed by atoms with Crippen molar-refractivity contribution in [2.75, 3.05) is 41.4 Å². The molecule has 0 fully saturated rings. The van der Waals surface area contributed by atoms with Crippen molar-refractivity contribution in [1.29, 1.82) is 0 Å². The molecule has 0 spiro atoms. The van der Waals surface area contributed by atoms with Gasteiger partial charge in [0.1, 0.15) is 13.2 Å². The number of carbonyl (C=O) groups is 2. The highest BCUT2D eigenvalue weighted by Crippen LogP contribution is 2.29. The highest BCUT2D eigenvalue weighted by Gasteiger charge is 2.39. The van der Waals surface area contributed by atoms with Crippen molar-refractivity contribution in [2.45, 2.75) is 63.7 Å². The number of hydrogen-bond acceptors (Lipinski definition) is 11. The lowest BCUT2D eigenvalue weighted by molar-refractivity contribution is -0.138. The SMILES string of the molecule is C=C(COC(=O)/C(=C(C)/C=C(/C)N(C)C)S(=O)(=O)c1ccccc1)[Si](C)(C)O[Si](C)(C)C(=C)COC(=O)/C(=C(C)/C=C(\C)N(C)C)S(=O)(=O)c1ccccc1. The fourth-order valence-corrected chi connectivity index (χ4v) is 15.1. The van der Waals surface area contributed by atoms with E-state index in [0.29, 0.717) is 10.4 Å². The Morgan fingerprint density at radius 1 is 0.600 bits per heavy atom. The molecule has 15 heteroatoms. The summed E-state index contributed by atoms with van der Waals surface area (Å²) >= 11 is 0. The van der Waals surface area contributed by atoms with Crippen LogP contribution in [0, 0.1) is 0 Å². The molecule has 2 rings (SSSR count). The molecule has 0 amide bonds. The first-order valence-electron chi connectivity index (χ1n) is 17.4. The summed E-state index contributed by atoms with van der Waals surface area (Å²) in [7, 11) is -7.08. The molecule has 11 nitrogen and oxygen atoms in total. The van der Waals surface area contributed by atoms with Crippen LogP contribution in [0.15, 0.2) is 139 Å². The number of allylic oxidation sites excluding steroid dienone is 6. The van der Waals surface area contributed by atoms with Crippen LogP contribution in [-0.4, -0.2) is 96.6 Å². The van der Waals surface area contributed by atoms with Crippen LogP contribution in [0.25, 0.3) is 0 Å². The van der Waals surface area contributed by atoms with Gasteiger partial charge in [-0.1, -0.05) is 49.6 Å². The maximum Gasteiger partial charge on any atom is 0.350 e. The zero-order valence-electron chi connectivity index (χ0n) is 34.1. The minimum absolute atomic E-state index is 0.0448. The van der Waals surface area contributed by atoms with E-state index in [1.165, 1.54) is 24.3 Å². The molecule has 0 atom stereocenters. The maximum absolute atomic E-state index is 13.7. The van der Waals surface area contributed by atoms with Crippen LogP contribution >= 0.6 is 0 Å². The van der Waals surface area contributed by atoms with Gasteiger partial charge in [-0.25, -0.2) is 26.4 Å². The van der Waals surface area contributed by atoms with Gasteiger partial charge in [-0.15, -0.1) is 0 Å². The van der Waals surface area contributed by atoms with Gasteiger partial charge in [0.05, 0.1) is 9.79 Å². The second-order valence-electron chi connectivity index (χ2n) is 14.5. The van der Waals surface area contributed by atoms with Crippen molar-refractivity contribution >= 4 is 48.2 Å². The van der Waals surface area contributed by atoms with Gasteiger partial charge in [-0.2, -0.15) is 0 Å². The lowest BCUT2D eigenvalue weighted by Crippen LogP contribution is -2.48. The average molecular weight is 829 g/mol. The number of nitrogens with zero attached hydrogens (tertiary/aromatic N) is 2. The smallest absolute Gasteiger partial charge is 0.350 e. The summed E-state index contributed by atoms with van der Waals surface area (Å²) in [5.74, 6) is -2.05. The van der Waals surface area contributed by atoms with Gasteiger partial charge in [0.15, 0.2) is 9.81 Å². The first-order valence-corrected chi connectivity index (χ1v) is 26.2. The third-order valence-electron chi connectivity index (χ3n) is 8.96. The quantitative estimate of drug-likeness (QED) is 0.0658. The average Bonchev–Trinajstić information content (AvgIpc) is 3.09. The van der Waals surface area contributed by atoms with E-state index >= 15 is 0 Å². The topological polar surface area (TPSA) is 137 Å². The third kappa shape index (κ3) is 12.4. The van der Waals surface area contributed by atoms with Gasteiger partial charge >= 0.3 is 11.9 Å². The molecule has 0 saturated heterocycles. The van der Waals surface area contributed by atoms with Crippen molar-refractivity contribution in [3.63, 3.8) is 0 Å². The highest BCUT2D eigenvalue weighted by atomic mass is 32.2. The van der Waals surface area contributed by atoms with Gasteiger partial charge in [0.2, 0.25) is 36.3 Å². The molecule has 0 heterocycles. The summed E-state index contributed by atoms with van der Waals surface area (Å²) in [4.78, 5) is 29.8. The van der Waals surface area contributed by atoms with Crippen molar-refractivity contribution < 1.29 is 40.0 Å². The molecule has 0 aliphatic carbocycles. The van der Waals surface area contributed by atoms with Crippen LogP contribution in [0.3, 0.4) is 0 Å². The fourth-order valence-electron chi connectivity index (χ4n) is 4.98. The van der Waals surface area contributed by atoms with E-state index < -0.39 is 58.1 Å². The Labute approximate surface area is 330 Å². The van der Waals surface area contributed by atoms with E-state index in [1.54, 1.807) is 114 Å². The van der Waals surface area contributed by atoms with E-state index in [-0.39, 0.29) is 34.2 Å². The summed E-state index contributed by atoms with van der Waals surface area (Å²) in [6.07, 6.45) is 3.22. The number of esters is 2. The number of sulfone groups is 2. The number of benzene rings is 2. The predicted octanol–water partition coefficient (Wildman–Crippen LogP) is 7.12. The molecular formula is C40H56N2O9S2Si2. The first-order chi connectivity index (χ1) is 25.3. The second-order valence-corrected chi connectivity index (χ2v) is 26.5. The van der Waals surface area contributed by atoms with Gasteiger partial charge in [-0.05, 0) is 112 Å². The van der Waals surface area contributed by atoms with E-state index in [9.17, 15) is 26.4 Å². The lowest BCUT2D eigenvalue weighted by Gasteiger charge is -2.36. The Balaban J connectivity index is 2.31. The van der Waals surface area contributed by atoms with Crippen molar-refractivity contribution in [3.05, 3.63) is 129 Å². The summed E-state index contributed by atoms with van der Waals surface area (Å²) in [5, 5.41) is 0.941. The van der Waals surface area contributed by atoms with Crippen molar-refractivity contribution in [3.8, 4) is 0 Å². The molecule has 2 aromatic rings. The Hall–Kier alpha value is -4.29. The normalized spacial score (nSPS) is 14.0. The Kier molecular flexibility index (Phi) is 16.2. The molecule has 0 aromatic heterocycles. The highest BCUT2D eigenvalue weighted by molar-refractivity contribution is 7.96. The number of carbonyl (C=O) groups excluding carboxylic acids is 2. The van der Waals surface area contributed by atoms with E-state index in [4.69, 9.17) is 13.6 Å². The molecule has 0 radical (unpaired) electrons. The molecule has 0 aliphatic heterocycles. The Morgan fingerprint density at radius 2 is 0.891 bits per heavy atom. The number of ether oxygens (including phenoxy) is 2. The minimum Gasteiger partial charge on any atom is -0.457 e. The lowest BCUT2D eigenvalue weighted by atomic mass is 10.2. The maximum atomic E-state index is 13.7. The van der Waals surface area contributed by atoms with E-state index in [1.807, 2.05) is 26.2 Å². The summed E-state index contributed by atoms with van der Waals surface area (Å²) in [5.41, 5.74) is 1.89. The molecule has 300 valence electrons. The van der Waals surface area contributed by atoms with Gasteiger partial charge < -0.3 is 23.4 Å². The monoisotopic (exact) mass is 828 g/mol. The van der Waals surface area contributed by atoms with E-state index in [0.717, 1.165) is 11.4 Å². The molecule has 2 aromatic carbocycles. The largest absolute Gasteiger partial charge is 0.457 e. The molecule has 0 unspecified atom stereocenters. The standard InChI is InChI=1S/C40H56N2O9S2Si2/c1-29(25-31(3)41(7)8)37(52(45,46)35-21-17-15-18-22-35)39(43)49-27-33(5)54(11,12)51-55(13,14)34(6)28-50-40(44)38(30(2)26-32(4)42(9)10)53(47,48)36-23-19-16-20-24-36/h15-26H,5-6,27-28H2,1-4,7-14H3/b31-25-,32-26+,37-29-,38-30-. The molecule has 0 saturated carbocycles. The zero-order valence-corrected chi connectivity index (χ0v) is 37.8. The molecule has 55 heavy (non-hydrogen) atoms.